The van der Waals surface area contributed by atoms with Gasteiger partial charge in [0.2, 0.25) is 10.0 Å². The van der Waals surface area contributed by atoms with E-state index in [1.807, 2.05) is 5.38 Å². The largest absolute Gasteiger partial charge is 0.464 e. The fraction of sp³-hybridized carbons (Fsp3) is 0.250. The van der Waals surface area contributed by atoms with Crippen molar-refractivity contribution in [2.45, 2.75) is 11.0 Å². The van der Waals surface area contributed by atoms with E-state index < -0.39 is 10.0 Å². The second-order valence-corrected chi connectivity index (χ2v) is 7.55. The monoisotopic (exact) mass is 330 g/mol. The highest BCUT2D eigenvalue weighted by Crippen LogP contribution is 2.26. The molecule has 1 aromatic carbocycles. The third-order valence-corrected chi connectivity index (χ3v) is 5.70. The van der Waals surface area contributed by atoms with E-state index in [0.29, 0.717) is 23.3 Å². The Hall–Kier alpha value is -1.15. The van der Waals surface area contributed by atoms with Crippen LogP contribution in [0.5, 0.6) is 5.19 Å². The third kappa shape index (κ3) is 2.67. The lowest BCUT2D eigenvalue weighted by Crippen LogP contribution is -2.55. The predicted octanol–water partition coefficient (Wildman–Crippen LogP) is 2.25. The summed E-state index contributed by atoms with van der Waals surface area (Å²) in [7, 11) is -3.45. The standard InChI is InChI=1S/C12H11ClN2O3S2/c13-9-1-3-11(4-2-9)20(16,17)15-7-10(8-15)18-12-14-5-6-19-12/h1-6,10H,7-8H2. The zero-order valence-corrected chi connectivity index (χ0v) is 12.7. The van der Waals surface area contributed by atoms with Gasteiger partial charge in [-0.1, -0.05) is 22.9 Å². The van der Waals surface area contributed by atoms with Crippen LogP contribution in [0.3, 0.4) is 0 Å². The fourth-order valence-corrected chi connectivity index (χ4v) is 4.02. The summed E-state index contributed by atoms with van der Waals surface area (Å²) < 4.78 is 31.5. The first-order valence-electron chi connectivity index (χ1n) is 5.87. The Morgan fingerprint density at radius 3 is 2.60 bits per heavy atom. The Bertz CT molecular complexity index is 680. The van der Waals surface area contributed by atoms with Crippen LogP contribution in [0.4, 0.5) is 0 Å². The Morgan fingerprint density at radius 1 is 1.30 bits per heavy atom. The first-order chi connectivity index (χ1) is 9.55. The van der Waals surface area contributed by atoms with Crippen LogP contribution in [0.25, 0.3) is 0 Å². The van der Waals surface area contributed by atoms with E-state index in [1.165, 1.54) is 27.8 Å². The van der Waals surface area contributed by atoms with Gasteiger partial charge in [0.1, 0.15) is 6.10 Å². The number of sulfonamides is 1. The van der Waals surface area contributed by atoms with Gasteiger partial charge in [-0.2, -0.15) is 4.31 Å². The Balaban J connectivity index is 1.65. The normalized spacial score (nSPS) is 16.9. The van der Waals surface area contributed by atoms with Gasteiger partial charge in [0.15, 0.2) is 0 Å². The van der Waals surface area contributed by atoms with Crippen molar-refractivity contribution in [3.8, 4) is 5.19 Å². The molecule has 3 rings (SSSR count). The lowest BCUT2D eigenvalue weighted by molar-refractivity contribution is 0.0759. The summed E-state index contributed by atoms with van der Waals surface area (Å²) in [5.41, 5.74) is 0. The van der Waals surface area contributed by atoms with Crippen molar-refractivity contribution in [1.82, 2.24) is 9.29 Å². The number of aromatic nitrogens is 1. The van der Waals surface area contributed by atoms with Gasteiger partial charge in [-0.3, -0.25) is 0 Å². The summed E-state index contributed by atoms with van der Waals surface area (Å²) in [6, 6.07) is 6.15. The van der Waals surface area contributed by atoms with Crippen LogP contribution in [0.1, 0.15) is 0 Å². The second kappa shape index (κ2) is 5.33. The van der Waals surface area contributed by atoms with Crippen molar-refractivity contribution >= 4 is 33.0 Å². The van der Waals surface area contributed by atoms with E-state index in [2.05, 4.69) is 4.98 Å². The Kier molecular flexibility index (Phi) is 3.68. The molecule has 1 aliphatic rings. The van der Waals surface area contributed by atoms with Crippen molar-refractivity contribution in [2.75, 3.05) is 13.1 Å². The third-order valence-electron chi connectivity index (χ3n) is 2.94. The van der Waals surface area contributed by atoms with Gasteiger partial charge in [0.05, 0.1) is 18.0 Å². The van der Waals surface area contributed by atoms with E-state index in [1.54, 1.807) is 18.3 Å². The van der Waals surface area contributed by atoms with Crippen LogP contribution >= 0.6 is 22.9 Å². The molecule has 0 saturated carbocycles. The molecule has 2 aromatic rings. The van der Waals surface area contributed by atoms with Crippen molar-refractivity contribution < 1.29 is 13.2 Å². The predicted molar refractivity (Wildman–Crippen MR) is 76.7 cm³/mol. The lowest BCUT2D eigenvalue weighted by Gasteiger charge is -2.37. The van der Waals surface area contributed by atoms with Gasteiger partial charge in [0, 0.05) is 16.6 Å². The number of hydrogen-bond acceptors (Lipinski definition) is 5. The van der Waals surface area contributed by atoms with Crippen molar-refractivity contribution in [3.63, 3.8) is 0 Å². The zero-order chi connectivity index (χ0) is 14.2. The molecule has 0 aliphatic carbocycles. The molecule has 1 aromatic heterocycles. The van der Waals surface area contributed by atoms with Crippen molar-refractivity contribution in [3.05, 3.63) is 40.9 Å². The topological polar surface area (TPSA) is 59.5 Å². The number of benzene rings is 1. The Labute approximate surface area is 125 Å². The highest BCUT2D eigenvalue weighted by atomic mass is 35.5. The first-order valence-corrected chi connectivity index (χ1v) is 8.57. The highest BCUT2D eigenvalue weighted by Gasteiger charge is 2.38. The van der Waals surface area contributed by atoms with Gasteiger partial charge in [-0.25, -0.2) is 13.4 Å². The molecule has 5 nitrogen and oxygen atoms in total. The molecule has 2 heterocycles. The van der Waals surface area contributed by atoms with Gasteiger partial charge in [0.25, 0.3) is 5.19 Å². The van der Waals surface area contributed by atoms with Gasteiger partial charge < -0.3 is 4.74 Å². The van der Waals surface area contributed by atoms with Crippen LogP contribution in [0.15, 0.2) is 40.7 Å². The minimum absolute atomic E-state index is 0.136. The highest BCUT2D eigenvalue weighted by molar-refractivity contribution is 7.89. The molecule has 0 N–H and O–H groups in total. The van der Waals surface area contributed by atoms with E-state index >= 15 is 0 Å². The molecule has 8 heteroatoms. The van der Waals surface area contributed by atoms with Gasteiger partial charge in [-0.15, -0.1) is 0 Å². The lowest BCUT2D eigenvalue weighted by atomic mass is 10.2. The number of nitrogens with zero attached hydrogens (tertiary/aromatic N) is 2. The summed E-state index contributed by atoms with van der Waals surface area (Å²) in [4.78, 5) is 4.25. The molecule has 0 amide bonds. The summed E-state index contributed by atoms with van der Waals surface area (Å²) in [6.45, 7) is 0.676. The summed E-state index contributed by atoms with van der Waals surface area (Å²) in [5.74, 6) is 0. The zero-order valence-electron chi connectivity index (χ0n) is 10.3. The molecular weight excluding hydrogens is 320 g/mol. The summed E-state index contributed by atoms with van der Waals surface area (Å²) in [6.07, 6.45) is 1.52. The molecule has 1 saturated heterocycles. The molecule has 0 spiro atoms. The maximum atomic E-state index is 12.3. The second-order valence-electron chi connectivity index (χ2n) is 4.31. The molecule has 20 heavy (non-hydrogen) atoms. The van der Waals surface area contributed by atoms with Crippen LogP contribution in [-0.4, -0.2) is 36.9 Å². The number of halogens is 1. The number of ether oxygens (including phenoxy) is 1. The SMILES string of the molecule is O=S(=O)(c1ccc(Cl)cc1)N1CC(Oc2nccs2)C1. The molecule has 0 atom stereocenters. The molecule has 1 fully saturated rings. The molecule has 0 bridgehead atoms. The number of hydrogen-bond donors (Lipinski definition) is 0. The molecule has 0 radical (unpaired) electrons. The van der Waals surface area contributed by atoms with E-state index in [4.69, 9.17) is 16.3 Å². The van der Waals surface area contributed by atoms with Crippen molar-refractivity contribution in [1.29, 1.82) is 0 Å². The maximum Gasteiger partial charge on any atom is 0.273 e. The van der Waals surface area contributed by atoms with E-state index in [0.717, 1.165) is 0 Å². The van der Waals surface area contributed by atoms with Crippen molar-refractivity contribution in [2.24, 2.45) is 0 Å². The van der Waals surface area contributed by atoms with Gasteiger partial charge in [-0.05, 0) is 24.3 Å². The smallest absolute Gasteiger partial charge is 0.273 e. The first kappa shape index (κ1) is 13.8. The van der Waals surface area contributed by atoms with Gasteiger partial charge >= 0.3 is 0 Å². The quantitative estimate of drug-likeness (QED) is 0.862. The molecule has 106 valence electrons. The van der Waals surface area contributed by atoms with E-state index in [9.17, 15) is 8.42 Å². The molecule has 1 aliphatic heterocycles. The number of rotatable bonds is 4. The minimum Gasteiger partial charge on any atom is -0.464 e. The maximum absolute atomic E-state index is 12.3. The average Bonchev–Trinajstić information content (AvgIpc) is 2.86. The van der Waals surface area contributed by atoms with Crippen LogP contribution in [0, 0.1) is 0 Å². The molecule has 0 unspecified atom stereocenters. The summed E-state index contributed by atoms with van der Waals surface area (Å²) in [5, 5.41) is 2.90. The average molecular weight is 331 g/mol. The minimum atomic E-state index is -3.45. The summed E-state index contributed by atoms with van der Waals surface area (Å²) >= 11 is 7.15. The Morgan fingerprint density at radius 2 is 2.00 bits per heavy atom. The van der Waals surface area contributed by atoms with Crippen LogP contribution in [0.2, 0.25) is 5.02 Å². The fourth-order valence-electron chi connectivity index (χ4n) is 1.84. The van der Waals surface area contributed by atoms with E-state index in [-0.39, 0.29) is 11.0 Å². The molecular formula is C12H11ClN2O3S2. The van der Waals surface area contributed by atoms with Crippen LogP contribution in [-0.2, 0) is 10.0 Å². The van der Waals surface area contributed by atoms with Crippen LogP contribution < -0.4 is 4.74 Å². The number of thiazole rings is 1.